The van der Waals surface area contributed by atoms with Gasteiger partial charge in [0.1, 0.15) is 12.4 Å². The molecule has 7 nitrogen and oxygen atoms in total. The van der Waals surface area contributed by atoms with Crippen molar-refractivity contribution in [1.29, 1.82) is 0 Å². The second-order valence-corrected chi connectivity index (χ2v) is 6.50. The molecule has 0 atom stereocenters. The van der Waals surface area contributed by atoms with Crippen LogP contribution in [0.5, 0.6) is 0 Å². The van der Waals surface area contributed by atoms with Gasteiger partial charge in [-0.3, -0.25) is 9.59 Å². The molecule has 1 N–H and O–H groups in total. The molecular formula is C19H19FN4O3. The number of amides is 1. The van der Waals surface area contributed by atoms with Crippen molar-refractivity contribution in [3.05, 3.63) is 64.2 Å². The lowest BCUT2D eigenvalue weighted by molar-refractivity contribution is -0.116. The van der Waals surface area contributed by atoms with Crippen LogP contribution in [0, 0.1) is 12.7 Å². The van der Waals surface area contributed by atoms with Crippen LogP contribution in [0.15, 0.2) is 45.7 Å². The van der Waals surface area contributed by atoms with Crippen molar-refractivity contribution < 1.29 is 13.6 Å². The number of anilines is 1. The fourth-order valence-electron chi connectivity index (χ4n) is 2.44. The summed E-state index contributed by atoms with van der Waals surface area (Å²) in [6, 6.07) is 7.17. The van der Waals surface area contributed by atoms with Gasteiger partial charge in [0.15, 0.2) is 0 Å². The van der Waals surface area contributed by atoms with Crippen LogP contribution in [0.4, 0.5) is 10.1 Å². The predicted molar refractivity (Wildman–Crippen MR) is 97.8 cm³/mol. The molecule has 0 bridgehead atoms. The van der Waals surface area contributed by atoms with E-state index in [-0.39, 0.29) is 29.7 Å². The Morgan fingerprint density at radius 3 is 2.70 bits per heavy atom. The number of hydrogen-bond donors (Lipinski definition) is 1. The van der Waals surface area contributed by atoms with Gasteiger partial charge in [-0.05, 0) is 36.8 Å². The van der Waals surface area contributed by atoms with E-state index in [9.17, 15) is 14.0 Å². The molecule has 2 heterocycles. The zero-order valence-corrected chi connectivity index (χ0v) is 15.2. The summed E-state index contributed by atoms with van der Waals surface area (Å²) in [7, 11) is 0. The molecule has 0 aliphatic rings. The van der Waals surface area contributed by atoms with E-state index in [1.54, 1.807) is 13.0 Å². The minimum Gasteiger partial charge on any atom is -0.420 e. The molecule has 3 aromatic rings. The molecule has 0 unspecified atom stereocenters. The van der Waals surface area contributed by atoms with Crippen LogP contribution >= 0.6 is 0 Å². The lowest BCUT2D eigenvalue weighted by atomic mass is 10.2. The normalized spacial score (nSPS) is 11.0. The Morgan fingerprint density at radius 2 is 2.04 bits per heavy atom. The smallest absolute Gasteiger partial charge is 0.251 e. The third kappa shape index (κ3) is 4.28. The second kappa shape index (κ2) is 7.53. The van der Waals surface area contributed by atoms with E-state index in [1.165, 1.54) is 35.0 Å². The first kappa shape index (κ1) is 18.5. The van der Waals surface area contributed by atoms with Gasteiger partial charge in [-0.1, -0.05) is 13.8 Å². The van der Waals surface area contributed by atoms with Gasteiger partial charge >= 0.3 is 0 Å². The summed E-state index contributed by atoms with van der Waals surface area (Å²) in [6.45, 7) is 5.27. The van der Waals surface area contributed by atoms with Gasteiger partial charge in [-0.25, -0.2) is 4.39 Å². The lowest BCUT2D eigenvalue weighted by Crippen LogP contribution is -2.26. The van der Waals surface area contributed by atoms with E-state index < -0.39 is 5.91 Å². The van der Waals surface area contributed by atoms with Crippen LogP contribution in [0.2, 0.25) is 0 Å². The van der Waals surface area contributed by atoms with Crippen LogP contribution < -0.4 is 10.9 Å². The maximum Gasteiger partial charge on any atom is 0.251 e. The van der Waals surface area contributed by atoms with Crippen LogP contribution in [0.1, 0.15) is 31.2 Å². The first-order chi connectivity index (χ1) is 12.8. The van der Waals surface area contributed by atoms with Crippen molar-refractivity contribution in [2.45, 2.75) is 33.2 Å². The maximum absolute atomic E-state index is 13.3. The quantitative estimate of drug-likeness (QED) is 0.745. The van der Waals surface area contributed by atoms with Crippen molar-refractivity contribution in [3.63, 3.8) is 0 Å². The molecule has 2 aromatic heterocycles. The molecule has 3 rings (SSSR count). The Kier molecular flexibility index (Phi) is 5.16. The fourth-order valence-corrected chi connectivity index (χ4v) is 2.44. The number of nitrogens with zero attached hydrogens (tertiary/aromatic N) is 3. The Hall–Kier alpha value is -3.29. The van der Waals surface area contributed by atoms with Gasteiger partial charge in [0.05, 0.1) is 5.56 Å². The minimum atomic E-state index is -0.409. The fraction of sp³-hybridized carbons (Fsp3) is 0.263. The minimum absolute atomic E-state index is 0.0853. The van der Waals surface area contributed by atoms with Gasteiger partial charge in [-0.15, -0.1) is 10.2 Å². The molecule has 0 spiro atoms. The first-order valence-electron chi connectivity index (χ1n) is 8.44. The highest BCUT2D eigenvalue weighted by molar-refractivity contribution is 5.90. The van der Waals surface area contributed by atoms with Crippen LogP contribution in [0.25, 0.3) is 11.5 Å². The highest BCUT2D eigenvalue weighted by atomic mass is 19.1. The number of halogens is 1. The molecule has 1 aromatic carbocycles. The zero-order chi connectivity index (χ0) is 19.6. The average Bonchev–Trinajstić information content (AvgIpc) is 3.10. The molecule has 0 fully saturated rings. The molecule has 0 radical (unpaired) electrons. The van der Waals surface area contributed by atoms with Crippen molar-refractivity contribution in [1.82, 2.24) is 14.8 Å². The Morgan fingerprint density at radius 1 is 1.26 bits per heavy atom. The highest BCUT2D eigenvalue weighted by Crippen LogP contribution is 2.20. The van der Waals surface area contributed by atoms with Gasteiger partial charge < -0.3 is 14.3 Å². The van der Waals surface area contributed by atoms with E-state index >= 15 is 0 Å². The summed E-state index contributed by atoms with van der Waals surface area (Å²) in [5.41, 5.74) is 1.08. The number of hydrogen-bond acceptors (Lipinski definition) is 5. The molecule has 0 saturated carbocycles. The number of aryl methyl sites for hydroxylation is 1. The summed E-state index contributed by atoms with van der Waals surface area (Å²) >= 11 is 0. The first-order valence-corrected chi connectivity index (χ1v) is 8.44. The molecular weight excluding hydrogens is 351 g/mol. The summed E-state index contributed by atoms with van der Waals surface area (Å²) in [5, 5.41) is 10.6. The molecule has 1 amide bonds. The standard InChI is InChI=1S/C19H19FN4O3/c1-11(2)18-22-23-19(27-18)13-4-7-17(26)24(9-13)10-16(25)21-14-5-6-15(20)12(3)8-14/h4-9,11H,10H2,1-3H3,(H,21,25). The Balaban J connectivity index is 1.78. The zero-order valence-electron chi connectivity index (χ0n) is 15.2. The van der Waals surface area contributed by atoms with E-state index in [4.69, 9.17) is 4.42 Å². The topological polar surface area (TPSA) is 90.0 Å². The summed E-state index contributed by atoms with van der Waals surface area (Å²) in [5.74, 6) is 0.0992. The second-order valence-electron chi connectivity index (χ2n) is 6.50. The van der Waals surface area contributed by atoms with Crippen molar-refractivity contribution >= 4 is 11.6 Å². The highest BCUT2D eigenvalue weighted by Gasteiger charge is 2.13. The number of carbonyl (C=O) groups excluding carboxylic acids is 1. The number of benzene rings is 1. The van der Waals surface area contributed by atoms with E-state index in [0.717, 1.165) is 0 Å². The van der Waals surface area contributed by atoms with Gasteiger partial charge in [-0.2, -0.15) is 0 Å². The third-order valence-corrected chi connectivity index (χ3v) is 3.92. The monoisotopic (exact) mass is 370 g/mol. The molecule has 0 saturated heterocycles. The van der Waals surface area contributed by atoms with E-state index in [1.807, 2.05) is 13.8 Å². The van der Waals surface area contributed by atoms with E-state index in [2.05, 4.69) is 15.5 Å². The largest absolute Gasteiger partial charge is 0.420 e. The van der Waals surface area contributed by atoms with Crippen LogP contribution in [-0.4, -0.2) is 20.7 Å². The lowest BCUT2D eigenvalue weighted by Gasteiger charge is -2.09. The Bertz CT molecular complexity index is 1040. The Labute approximate surface area is 154 Å². The van der Waals surface area contributed by atoms with Crippen LogP contribution in [0.3, 0.4) is 0 Å². The van der Waals surface area contributed by atoms with Gasteiger partial charge in [0.25, 0.3) is 5.56 Å². The van der Waals surface area contributed by atoms with Gasteiger partial charge in [0.2, 0.25) is 17.7 Å². The summed E-state index contributed by atoms with van der Waals surface area (Å²) in [4.78, 5) is 24.3. The van der Waals surface area contributed by atoms with Crippen LogP contribution in [-0.2, 0) is 11.3 Å². The third-order valence-electron chi connectivity index (χ3n) is 3.92. The van der Waals surface area contributed by atoms with Crippen molar-refractivity contribution in [3.8, 4) is 11.5 Å². The SMILES string of the molecule is Cc1cc(NC(=O)Cn2cc(-c3nnc(C(C)C)o3)ccc2=O)ccc1F. The predicted octanol–water partition coefficient (Wildman–Crippen LogP) is 3.11. The molecule has 0 aliphatic heterocycles. The number of nitrogens with one attached hydrogen (secondary N) is 1. The van der Waals surface area contributed by atoms with Crippen molar-refractivity contribution in [2.24, 2.45) is 0 Å². The number of rotatable bonds is 5. The molecule has 8 heteroatoms. The summed E-state index contributed by atoms with van der Waals surface area (Å²) in [6.07, 6.45) is 1.50. The average molecular weight is 370 g/mol. The van der Waals surface area contributed by atoms with Gasteiger partial charge in [0, 0.05) is 23.9 Å². The number of carbonyl (C=O) groups is 1. The van der Waals surface area contributed by atoms with Crippen molar-refractivity contribution in [2.75, 3.05) is 5.32 Å². The maximum atomic E-state index is 13.3. The van der Waals surface area contributed by atoms with E-state index in [0.29, 0.717) is 22.7 Å². The molecule has 140 valence electrons. The molecule has 0 aliphatic carbocycles. The number of aromatic nitrogens is 3. The number of pyridine rings is 1. The summed E-state index contributed by atoms with van der Waals surface area (Å²) < 4.78 is 20.1. The molecule has 27 heavy (non-hydrogen) atoms.